The van der Waals surface area contributed by atoms with Crippen LogP contribution in [0, 0.1) is 0 Å². The lowest BCUT2D eigenvalue weighted by molar-refractivity contribution is 0.122. The van der Waals surface area contributed by atoms with E-state index in [0.29, 0.717) is 6.54 Å². The maximum Gasteiger partial charge on any atom is 0.0584 e. The molecular weight excluding hydrogens is 192 g/mol. The van der Waals surface area contributed by atoms with Gasteiger partial charge >= 0.3 is 0 Å². The zero-order valence-electron chi connectivity index (χ0n) is 9.59. The van der Waals surface area contributed by atoms with Crippen LogP contribution in [0.5, 0.6) is 0 Å². The summed E-state index contributed by atoms with van der Waals surface area (Å²) in [6.45, 7) is 2.62. The molecular formula is C10H20N4O. The predicted molar refractivity (Wildman–Crippen MR) is 59.3 cm³/mol. The quantitative estimate of drug-likeness (QED) is 0.705. The van der Waals surface area contributed by atoms with E-state index in [-0.39, 0.29) is 18.7 Å². The van der Waals surface area contributed by atoms with Crippen molar-refractivity contribution in [1.82, 2.24) is 14.7 Å². The first-order valence-electron chi connectivity index (χ1n) is 5.11. The number of aromatic nitrogens is 2. The lowest BCUT2D eigenvalue weighted by Gasteiger charge is -2.30. The van der Waals surface area contributed by atoms with Crippen molar-refractivity contribution in [2.75, 3.05) is 20.2 Å². The van der Waals surface area contributed by atoms with Gasteiger partial charge in [-0.15, -0.1) is 0 Å². The molecule has 1 aromatic heterocycles. The molecule has 0 aliphatic carbocycles. The van der Waals surface area contributed by atoms with Crippen molar-refractivity contribution >= 4 is 0 Å². The summed E-state index contributed by atoms with van der Waals surface area (Å²) >= 11 is 0. The second-order valence-corrected chi connectivity index (χ2v) is 3.90. The number of rotatable bonds is 5. The molecule has 1 aromatic rings. The van der Waals surface area contributed by atoms with Gasteiger partial charge in [0.05, 0.1) is 18.8 Å². The average molecular weight is 212 g/mol. The van der Waals surface area contributed by atoms with Crippen molar-refractivity contribution in [3.63, 3.8) is 0 Å². The molecule has 0 bridgehead atoms. The molecule has 15 heavy (non-hydrogen) atoms. The van der Waals surface area contributed by atoms with Crippen molar-refractivity contribution in [3.05, 3.63) is 18.0 Å². The van der Waals surface area contributed by atoms with Crippen LogP contribution in [0.3, 0.4) is 0 Å². The molecule has 3 N–H and O–H groups in total. The smallest absolute Gasteiger partial charge is 0.0584 e. The number of nitrogens with two attached hydrogens (primary N) is 1. The van der Waals surface area contributed by atoms with Crippen LogP contribution >= 0.6 is 0 Å². The third kappa shape index (κ3) is 2.77. The van der Waals surface area contributed by atoms with Gasteiger partial charge in [0, 0.05) is 31.4 Å². The fourth-order valence-electron chi connectivity index (χ4n) is 1.59. The fraction of sp³-hybridized carbons (Fsp3) is 0.700. The summed E-state index contributed by atoms with van der Waals surface area (Å²) in [6.07, 6.45) is 3.77. The van der Waals surface area contributed by atoms with Gasteiger partial charge in [-0.1, -0.05) is 0 Å². The summed E-state index contributed by atoms with van der Waals surface area (Å²) in [4.78, 5) is 2.07. The van der Waals surface area contributed by atoms with Crippen molar-refractivity contribution in [2.45, 2.75) is 19.0 Å². The van der Waals surface area contributed by atoms with E-state index in [1.54, 1.807) is 4.68 Å². The number of likely N-dealkylation sites (N-methyl/N-ethyl adjacent to an activating group) is 1. The van der Waals surface area contributed by atoms with E-state index >= 15 is 0 Å². The van der Waals surface area contributed by atoms with Crippen LogP contribution in [0.2, 0.25) is 0 Å². The van der Waals surface area contributed by atoms with Crippen molar-refractivity contribution in [3.8, 4) is 0 Å². The Labute approximate surface area is 90.5 Å². The Morgan fingerprint density at radius 1 is 1.67 bits per heavy atom. The Bertz CT molecular complexity index is 299. The molecule has 5 heteroatoms. The highest BCUT2D eigenvalue weighted by Crippen LogP contribution is 2.19. The summed E-state index contributed by atoms with van der Waals surface area (Å²) in [7, 11) is 3.85. The van der Waals surface area contributed by atoms with E-state index in [2.05, 4.69) is 10.00 Å². The van der Waals surface area contributed by atoms with Gasteiger partial charge in [0.15, 0.2) is 0 Å². The molecule has 5 nitrogen and oxygen atoms in total. The maximum atomic E-state index is 9.10. The minimum Gasteiger partial charge on any atom is -0.395 e. The molecule has 2 unspecified atom stereocenters. The summed E-state index contributed by atoms with van der Waals surface area (Å²) in [5.74, 6) is 0. The maximum absolute atomic E-state index is 9.10. The first-order valence-corrected chi connectivity index (χ1v) is 5.11. The fourth-order valence-corrected chi connectivity index (χ4v) is 1.59. The van der Waals surface area contributed by atoms with Crippen LogP contribution < -0.4 is 5.73 Å². The lowest BCUT2D eigenvalue weighted by Crippen LogP contribution is -2.38. The predicted octanol–water partition coefficient (Wildman–Crippen LogP) is -0.267. The van der Waals surface area contributed by atoms with E-state index in [1.165, 1.54) is 0 Å². The first-order chi connectivity index (χ1) is 7.10. The van der Waals surface area contributed by atoms with Crippen molar-refractivity contribution in [2.24, 2.45) is 12.8 Å². The Hall–Kier alpha value is -0.910. The molecule has 0 saturated carbocycles. The zero-order chi connectivity index (χ0) is 11.4. The van der Waals surface area contributed by atoms with Crippen LogP contribution in [0.25, 0.3) is 0 Å². The molecule has 0 radical (unpaired) electrons. The van der Waals surface area contributed by atoms with Gasteiger partial charge < -0.3 is 10.8 Å². The van der Waals surface area contributed by atoms with E-state index in [4.69, 9.17) is 10.8 Å². The number of hydrogen-bond donors (Lipinski definition) is 2. The van der Waals surface area contributed by atoms with Crippen molar-refractivity contribution in [1.29, 1.82) is 0 Å². The van der Waals surface area contributed by atoms with E-state index in [0.717, 1.165) is 5.56 Å². The molecule has 0 aliphatic heterocycles. The highest BCUT2D eigenvalue weighted by atomic mass is 16.3. The normalized spacial score (nSPS) is 15.6. The van der Waals surface area contributed by atoms with Gasteiger partial charge in [0.25, 0.3) is 0 Å². The average Bonchev–Trinajstić information content (AvgIpc) is 2.64. The summed E-state index contributed by atoms with van der Waals surface area (Å²) in [5.41, 5.74) is 6.83. The summed E-state index contributed by atoms with van der Waals surface area (Å²) in [5, 5.41) is 13.2. The minimum absolute atomic E-state index is 0.0961. The standard InChI is InChI=1S/C10H20N4O/c1-8(7-15)14(3)10(4-11)9-5-12-13(2)6-9/h5-6,8,10,15H,4,7,11H2,1-3H3. The molecule has 0 aromatic carbocycles. The second-order valence-electron chi connectivity index (χ2n) is 3.90. The van der Waals surface area contributed by atoms with Gasteiger partial charge in [0.2, 0.25) is 0 Å². The Morgan fingerprint density at radius 2 is 2.33 bits per heavy atom. The largest absolute Gasteiger partial charge is 0.395 e. The highest BCUT2D eigenvalue weighted by Gasteiger charge is 2.20. The third-order valence-electron chi connectivity index (χ3n) is 2.78. The topological polar surface area (TPSA) is 67.3 Å². The Balaban J connectivity index is 2.79. The van der Waals surface area contributed by atoms with Gasteiger partial charge in [-0.05, 0) is 14.0 Å². The zero-order valence-corrected chi connectivity index (χ0v) is 9.59. The lowest BCUT2D eigenvalue weighted by atomic mass is 10.1. The van der Waals surface area contributed by atoms with E-state index < -0.39 is 0 Å². The van der Waals surface area contributed by atoms with Gasteiger partial charge in [-0.3, -0.25) is 9.58 Å². The molecule has 86 valence electrons. The molecule has 0 saturated heterocycles. The highest BCUT2D eigenvalue weighted by molar-refractivity contribution is 5.11. The number of nitrogens with zero attached hydrogens (tertiary/aromatic N) is 3. The van der Waals surface area contributed by atoms with Crippen LogP contribution in [0.1, 0.15) is 18.5 Å². The molecule has 1 heterocycles. The number of aliphatic hydroxyl groups is 1. The molecule has 0 aliphatic rings. The Morgan fingerprint density at radius 3 is 2.73 bits per heavy atom. The first kappa shape index (κ1) is 12.2. The minimum atomic E-state index is 0.0961. The third-order valence-corrected chi connectivity index (χ3v) is 2.78. The van der Waals surface area contributed by atoms with Gasteiger partial charge in [-0.25, -0.2) is 0 Å². The number of hydrogen-bond acceptors (Lipinski definition) is 4. The van der Waals surface area contributed by atoms with Gasteiger partial charge in [0.1, 0.15) is 0 Å². The molecule has 2 atom stereocenters. The van der Waals surface area contributed by atoms with E-state index in [9.17, 15) is 0 Å². The molecule has 1 rings (SSSR count). The number of aryl methyl sites for hydroxylation is 1. The monoisotopic (exact) mass is 212 g/mol. The van der Waals surface area contributed by atoms with Gasteiger partial charge in [-0.2, -0.15) is 5.10 Å². The molecule has 0 amide bonds. The molecule has 0 spiro atoms. The van der Waals surface area contributed by atoms with E-state index in [1.807, 2.05) is 33.4 Å². The molecule has 0 fully saturated rings. The van der Waals surface area contributed by atoms with Crippen LogP contribution in [-0.4, -0.2) is 46.0 Å². The summed E-state index contributed by atoms with van der Waals surface area (Å²) in [6, 6.07) is 0.208. The van der Waals surface area contributed by atoms with Crippen LogP contribution in [0.15, 0.2) is 12.4 Å². The SMILES string of the molecule is CC(CO)N(C)C(CN)c1cnn(C)c1. The summed E-state index contributed by atoms with van der Waals surface area (Å²) < 4.78 is 1.76. The number of aliphatic hydroxyl groups excluding tert-OH is 1. The van der Waals surface area contributed by atoms with Crippen LogP contribution in [0.4, 0.5) is 0 Å². The van der Waals surface area contributed by atoms with Crippen LogP contribution in [-0.2, 0) is 7.05 Å². The van der Waals surface area contributed by atoms with Crippen molar-refractivity contribution < 1.29 is 5.11 Å². The second kappa shape index (κ2) is 5.25. The Kier molecular flexibility index (Phi) is 4.26.